The summed E-state index contributed by atoms with van der Waals surface area (Å²) in [5.41, 5.74) is 1.17. The minimum atomic E-state index is -0.338. The van der Waals surface area contributed by atoms with Gasteiger partial charge in [-0.05, 0) is 18.9 Å². The topological polar surface area (TPSA) is 84.3 Å². The average Bonchev–Trinajstić information content (AvgIpc) is 3.00. The first kappa shape index (κ1) is 19.8. The van der Waals surface area contributed by atoms with Crippen LogP contribution in [0.5, 0.6) is 0 Å². The molecule has 0 spiro atoms. The van der Waals surface area contributed by atoms with Crippen LogP contribution in [0, 0.1) is 0 Å². The summed E-state index contributed by atoms with van der Waals surface area (Å²) in [6, 6.07) is 12.5. The summed E-state index contributed by atoms with van der Waals surface area (Å²) in [6.45, 7) is 1.70. The third-order valence-electron chi connectivity index (χ3n) is 4.85. The number of nitrogens with zero attached hydrogens (tertiary/aromatic N) is 3. The molecule has 0 unspecified atom stereocenters. The molecule has 1 aromatic heterocycles. The van der Waals surface area contributed by atoms with Gasteiger partial charge in [-0.3, -0.25) is 14.4 Å². The number of carbonyl (C=O) groups is 2. The molecule has 7 nitrogen and oxygen atoms in total. The van der Waals surface area contributed by atoms with Crippen molar-refractivity contribution in [2.24, 2.45) is 0 Å². The molecule has 2 aromatic rings. The lowest BCUT2D eigenvalue weighted by Gasteiger charge is -2.20. The summed E-state index contributed by atoms with van der Waals surface area (Å²) >= 11 is 0. The van der Waals surface area contributed by atoms with Crippen molar-refractivity contribution in [3.8, 4) is 11.3 Å². The normalized spacial score (nSPS) is 14.4. The number of likely N-dealkylation sites (tertiary alicyclic amines) is 1. The van der Waals surface area contributed by atoms with Crippen LogP contribution in [0.3, 0.4) is 0 Å². The average molecular weight is 382 g/mol. The Labute approximate surface area is 164 Å². The van der Waals surface area contributed by atoms with Crippen LogP contribution in [-0.4, -0.2) is 46.1 Å². The Kier molecular flexibility index (Phi) is 6.94. The Bertz CT molecular complexity index is 855. The van der Waals surface area contributed by atoms with Crippen molar-refractivity contribution in [1.29, 1.82) is 0 Å². The zero-order valence-electron chi connectivity index (χ0n) is 16.0. The lowest BCUT2D eigenvalue weighted by atomic mass is 10.1. The smallest absolute Gasteiger partial charge is 0.267 e. The van der Waals surface area contributed by atoms with Crippen molar-refractivity contribution in [3.63, 3.8) is 0 Å². The number of rotatable bonds is 6. The van der Waals surface area contributed by atoms with Crippen LogP contribution < -0.4 is 10.9 Å². The second kappa shape index (κ2) is 9.82. The Morgan fingerprint density at radius 1 is 0.964 bits per heavy atom. The van der Waals surface area contributed by atoms with Gasteiger partial charge in [-0.15, -0.1) is 0 Å². The molecule has 0 bridgehead atoms. The molecule has 2 heterocycles. The van der Waals surface area contributed by atoms with Crippen LogP contribution in [0.15, 0.2) is 47.3 Å². The highest BCUT2D eigenvalue weighted by Crippen LogP contribution is 2.14. The van der Waals surface area contributed by atoms with Crippen LogP contribution in [0.25, 0.3) is 11.3 Å². The van der Waals surface area contributed by atoms with Crippen molar-refractivity contribution in [3.05, 3.63) is 52.8 Å². The minimum Gasteiger partial charge on any atom is -0.354 e. The van der Waals surface area contributed by atoms with Crippen LogP contribution >= 0.6 is 0 Å². The Balaban J connectivity index is 1.52. The fraction of sp³-hybridized carbons (Fsp3) is 0.429. The van der Waals surface area contributed by atoms with E-state index in [1.54, 1.807) is 6.07 Å². The van der Waals surface area contributed by atoms with Gasteiger partial charge in [0.05, 0.1) is 5.69 Å². The molecule has 1 aromatic carbocycles. The lowest BCUT2D eigenvalue weighted by molar-refractivity contribution is -0.131. The predicted molar refractivity (Wildman–Crippen MR) is 107 cm³/mol. The summed E-state index contributed by atoms with van der Waals surface area (Å²) in [5, 5.41) is 6.99. The first-order chi connectivity index (χ1) is 13.6. The van der Waals surface area contributed by atoms with Gasteiger partial charge in [0.25, 0.3) is 5.56 Å². The summed E-state index contributed by atoms with van der Waals surface area (Å²) in [6.07, 6.45) is 4.71. The van der Waals surface area contributed by atoms with Gasteiger partial charge in [0.2, 0.25) is 11.8 Å². The van der Waals surface area contributed by atoms with Crippen LogP contribution in [0.2, 0.25) is 0 Å². The van der Waals surface area contributed by atoms with Gasteiger partial charge < -0.3 is 10.2 Å². The molecular weight excluding hydrogens is 356 g/mol. The lowest BCUT2D eigenvalue weighted by Crippen LogP contribution is -2.37. The maximum atomic E-state index is 12.3. The summed E-state index contributed by atoms with van der Waals surface area (Å²) in [7, 11) is 0. The van der Waals surface area contributed by atoms with Gasteiger partial charge in [0.15, 0.2) is 0 Å². The highest BCUT2D eigenvalue weighted by Gasteiger charge is 2.15. The summed E-state index contributed by atoms with van der Waals surface area (Å²) < 4.78 is 1.15. The summed E-state index contributed by atoms with van der Waals surface area (Å²) in [4.78, 5) is 38.3. The second-order valence-corrected chi connectivity index (χ2v) is 6.98. The monoisotopic (exact) mass is 382 g/mol. The highest BCUT2D eigenvalue weighted by atomic mass is 16.2. The number of amides is 2. The Morgan fingerprint density at radius 3 is 2.39 bits per heavy atom. The summed E-state index contributed by atoms with van der Waals surface area (Å²) in [5.74, 6) is -0.257. The Hall–Kier alpha value is -2.96. The third kappa shape index (κ3) is 5.52. The van der Waals surface area contributed by atoms with Crippen LogP contribution in [0.4, 0.5) is 0 Å². The van der Waals surface area contributed by atoms with Crippen molar-refractivity contribution in [2.45, 2.75) is 38.6 Å². The van der Waals surface area contributed by atoms with E-state index in [0.29, 0.717) is 5.69 Å². The molecule has 1 fully saturated rings. The number of benzene rings is 1. The molecule has 1 aliphatic rings. The molecule has 0 aliphatic carbocycles. The van der Waals surface area contributed by atoms with E-state index in [0.717, 1.165) is 36.2 Å². The Morgan fingerprint density at radius 2 is 1.68 bits per heavy atom. The fourth-order valence-corrected chi connectivity index (χ4v) is 3.30. The molecule has 3 rings (SSSR count). The van der Waals surface area contributed by atoms with Gasteiger partial charge in [-0.25, -0.2) is 4.68 Å². The van der Waals surface area contributed by atoms with E-state index in [9.17, 15) is 14.4 Å². The molecule has 1 aliphatic heterocycles. The molecule has 28 heavy (non-hydrogen) atoms. The molecule has 7 heteroatoms. The molecule has 0 atom stereocenters. The molecule has 0 saturated carbocycles. The van der Waals surface area contributed by atoms with E-state index in [1.165, 1.54) is 18.9 Å². The highest BCUT2D eigenvalue weighted by molar-refractivity contribution is 5.79. The third-order valence-corrected chi connectivity index (χ3v) is 4.85. The number of carbonyl (C=O) groups excluding carboxylic acids is 2. The van der Waals surface area contributed by atoms with E-state index in [2.05, 4.69) is 10.4 Å². The van der Waals surface area contributed by atoms with Crippen molar-refractivity contribution in [2.75, 3.05) is 19.6 Å². The molecule has 1 saturated heterocycles. The standard InChI is InChI=1S/C21H26N4O3/c26-19(22-13-12-20(27)24-14-6-1-2-7-15-24)16-25-21(28)11-10-18(23-25)17-8-4-3-5-9-17/h3-5,8-11H,1-2,6-7,12-16H2,(H,22,26). The first-order valence-electron chi connectivity index (χ1n) is 9.81. The molecule has 1 N–H and O–H groups in total. The zero-order chi connectivity index (χ0) is 19.8. The molecule has 148 valence electrons. The van der Waals surface area contributed by atoms with E-state index in [4.69, 9.17) is 0 Å². The van der Waals surface area contributed by atoms with Crippen LogP contribution in [-0.2, 0) is 16.1 Å². The van der Waals surface area contributed by atoms with Gasteiger partial charge >= 0.3 is 0 Å². The minimum absolute atomic E-state index is 0.0727. The van der Waals surface area contributed by atoms with Gasteiger partial charge in [0.1, 0.15) is 6.54 Å². The van der Waals surface area contributed by atoms with E-state index >= 15 is 0 Å². The first-order valence-corrected chi connectivity index (χ1v) is 9.81. The second-order valence-electron chi connectivity index (χ2n) is 6.98. The SMILES string of the molecule is O=C(Cn1nc(-c2ccccc2)ccc1=O)NCCC(=O)N1CCCCCC1. The van der Waals surface area contributed by atoms with E-state index in [-0.39, 0.29) is 36.9 Å². The molecule has 2 amide bonds. The molecule has 0 radical (unpaired) electrons. The molecular formula is C21H26N4O3. The zero-order valence-corrected chi connectivity index (χ0v) is 16.0. The quantitative estimate of drug-likeness (QED) is 0.826. The fourth-order valence-electron chi connectivity index (χ4n) is 3.30. The van der Waals surface area contributed by atoms with E-state index < -0.39 is 0 Å². The number of hydrogen-bond donors (Lipinski definition) is 1. The van der Waals surface area contributed by atoms with Crippen molar-refractivity contribution >= 4 is 11.8 Å². The maximum Gasteiger partial charge on any atom is 0.267 e. The number of aromatic nitrogens is 2. The van der Waals surface area contributed by atoms with Gasteiger partial charge in [0, 0.05) is 37.7 Å². The number of hydrogen-bond acceptors (Lipinski definition) is 4. The van der Waals surface area contributed by atoms with Crippen LogP contribution in [0.1, 0.15) is 32.1 Å². The van der Waals surface area contributed by atoms with Crippen molar-refractivity contribution < 1.29 is 9.59 Å². The predicted octanol–water partition coefficient (Wildman–Crippen LogP) is 1.82. The van der Waals surface area contributed by atoms with Crippen molar-refractivity contribution in [1.82, 2.24) is 20.0 Å². The maximum absolute atomic E-state index is 12.3. The van der Waals surface area contributed by atoms with Gasteiger partial charge in [-0.1, -0.05) is 43.2 Å². The van der Waals surface area contributed by atoms with E-state index in [1.807, 2.05) is 35.2 Å². The number of nitrogens with one attached hydrogen (secondary N) is 1. The largest absolute Gasteiger partial charge is 0.354 e. The van der Waals surface area contributed by atoms with Gasteiger partial charge in [-0.2, -0.15) is 5.10 Å².